The minimum absolute atomic E-state index is 0.0430. The lowest BCUT2D eigenvalue weighted by Gasteiger charge is -2.25. The number of rotatable bonds is 4. The molecule has 0 spiro atoms. The van der Waals surface area contributed by atoms with Gasteiger partial charge in [-0.1, -0.05) is 6.92 Å². The molecule has 0 aromatic heterocycles. The van der Waals surface area contributed by atoms with Crippen molar-refractivity contribution in [3.05, 3.63) is 35.1 Å². The van der Waals surface area contributed by atoms with Gasteiger partial charge in [-0.15, -0.1) is 0 Å². The molecule has 1 aliphatic heterocycles. The molecule has 20 heavy (non-hydrogen) atoms. The monoisotopic (exact) mass is 281 g/mol. The predicted molar refractivity (Wildman–Crippen MR) is 73.1 cm³/mol. The zero-order valence-electron chi connectivity index (χ0n) is 11.5. The number of nitrogens with two attached hydrogens (primary N) is 1. The SMILES string of the molecule is CC1CCN(Cc2cc(C(=O)NN)ccc2F)C1CO. The first kappa shape index (κ1) is 14.9. The van der Waals surface area contributed by atoms with Crippen molar-refractivity contribution in [1.82, 2.24) is 10.3 Å². The molecule has 1 aromatic carbocycles. The number of hydrogen-bond acceptors (Lipinski definition) is 4. The number of nitrogens with one attached hydrogen (secondary N) is 1. The fraction of sp³-hybridized carbons (Fsp3) is 0.500. The predicted octanol–water partition coefficient (Wildman–Crippen LogP) is 0.632. The highest BCUT2D eigenvalue weighted by molar-refractivity contribution is 5.93. The molecule has 4 N–H and O–H groups in total. The van der Waals surface area contributed by atoms with E-state index in [1.54, 1.807) is 0 Å². The third-order valence-electron chi connectivity index (χ3n) is 4.00. The molecule has 1 fully saturated rings. The Morgan fingerprint density at radius 3 is 3.00 bits per heavy atom. The Morgan fingerprint density at radius 1 is 1.60 bits per heavy atom. The summed E-state index contributed by atoms with van der Waals surface area (Å²) in [5, 5.41) is 9.42. The number of carbonyl (C=O) groups is 1. The second kappa shape index (κ2) is 6.30. The lowest BCUT2D eigenvalue weighted by Crippen LogP contribution is -2.35. The molecule has 0 bridgehead atoms. The number of nitrogens with zero attached hydrogens (tertiary/aromatic N) is 1. The molecule has 2 unspecified atom stereocenters. The van der Waals surface area contributed by atoms with Crippen LogP contribution < -0.4 is 11.3 Å². The quantitative estimate of drug-likeness (QED) is 0.430. The van der Waals surface area contributed by atoms with Crippen molar-refractivity contribution in [3.63, 3.8) is 0 Å². The molecule has 1 aromatic rings. The van der Waals surface area contributed by atoms with Crippen LogP contribution in [0.3, 0.4) is 0 Å². The van der Waals surface area contributed by atoms with Crippen LogP contribution in [-0.4, -0.2) is 35.1 Å². The summed E-state index contributed by atoms with van der Waals surface area (Å²) in [6.45, 7) is 3.34. The second-order valence-electron chi connectivity index (χ2n) is 5.27. The first-order valence-corrected chi connectivity index (χ1v) is 6.71. The first-order valence-electron chi connectivity index (χ1n) is 6.71. The van der Waals surface area contributed by atoms with E-state index in [0.29, 0.717) is 23.6 Å². The molecule has 1 saturated heterocycles. The molecule has 2 rings (SSSR count). The molecular formula is C14H20FN3O2. The normalized spacial score (nSPS) is 23.0. The Hall–Kier alpha value is -1.50. The van der Waals surface area contributed by atoms with Crippen molar-refractivity contribution >= 4 is 5.91 Å². The van der Waals surface area contributed by atoms with Crippen molar-refractivity contribution < 1.29 is 14.3 Å². The third kappa shape index (κ3) is 2.98. The molecule has 0 radical (unpaired) electrons. The Balaban J connectivity index is 2.18. The minimum Gasteiger partial charge on any atom is -0.395 e. The maximum atomic E-state index is 13.9. The van der Waals surface area contributed by atoms with Gasteiger partial charge in [-0.3, -0.25) is 15.1 Å². The van der Waals surface area contributed by atoms with E-state index >= 15 is 0 Å². The highest BCUT2D eigenvalue weighted by Crippen LogP contribution is 2.26. The number of halogens is 1. The molecule has 6 heteroatoms. The van der Waals surface area contributed by atoms with Crippen molar-refractivity contribution in [2.75, 3.05) is 13.2 Å². The molecular weight excluding hydrogens is 261 g/mol. The Kier molecular flexibility index (Phi) is 4.69. The molecule has 5 nitrogen and oxygen atoms in total. The summed E-state index contributed by atoms with van der Waals surface area (Å²) in [7, 11) is 0. The fourth-order valence-electron chi connectivity index (χ4n) is 2.72. The van der Waals surface area contributed by atoms with Gasteiger partial charge in [0.25, 0.3) is 5.91 Å². The van der Waals surface area contributed by atoms with Crippen molar-refractivity contribution in [2.45, 2.75) is 25.9 Å². The molecule has 110 valence electrons. The van der Waals surface area contributed by atoms with Crippen LogP contribution in [0.5, 0.6) is 0 Å². The lowest BCUT2D eigenvalue weighted by molar-refractivity contribution is 0.0953. The van der Waals surface area contributed by atoms with Gasteiger partial charge in [0.05, 0.1) is 6.61 Å². The van der Waals surface area contributed by atoms with E-state index < -0.39 is 5.91 Å². The number of carbonyl (C=O) groups excluding carboxylic acids is 1. The van der Waals surface area contributed by atoms with Crippen LogP contribution >= 0.6 is 0 Å². The number of benzene rings is 1. The third-order valence-corrected chi connectivity index (χ3v) is 4.00. The van der Waals surface area contributed by atoms with Crippen LogP contribution in [0.1, 0.15) is 29.3 Å². The van der Waals surface area contributed by atoms with Gasteiger partial charge < -0.3 is 5.11 Å². The molecule has 0 aliphatic carbocycles. The van der Waals surface area contributed by atoms with Crippen LogP contribution in [0.4, 0.5) is 4.39 Å². The van der Waals surface area contributed by atoms with Crippen molar-refractivity contribution in [1.29, 1.82) is 0 Å². The minimum atomic E-state index is -0.445. The van der Waals surface area contributed by atoms with Crippen LogP contribution in [0.25, 0.3) is 0 Å². The maximum absolute atomic E-state index is 13.9. The summed E-state index contributed by atoms with van der Waals surface area (Å²) < 4.78 is 13.9. The van der Waals surface area contributed by atoms with E-state index in [-0.39, 0.29) is 18.5 Å². The summed E-state index contributed by atoms with van der Waals surface area (Å²) in [6, 6.07) is 4.22. The van der Waals surface area contributed by atoms with E-state index in [1.165, 1.54) is 18.2 Å². The Labute approximate surface area is 117 Å². The van der Waals surface area contributed by atoms with Gasteiger partial charge in [0.2, 0.25) is 0 Å². The van der Waals surface area contributed by atoms with Crippen LogP contribution in [-0.2, 0) is 6.54 Å². The van der Waals surface area contributed by atoms with Crippen LogP contribution in [0, 0.1) is 11.7 Å². The second-order valence-corrected chi connectivity index (χ2v) is 5.27. The number of hydrazine groups is 1. The standard InChI is InChI=1S/C14H20FN3O2/c1-9-4-5-18(13(9)8-19)7-11-6-10(14(20)17-16)2-3-12(11)15/h2-3,6,9,13,19H,4-5,7-8,16H2,1H3,(H,17,20). The number of nitrogen functional groups attached to an aromatic ring is 1. The van der Waals surface area contributed by atoms with Gasteiger partial charge in [0.15, 0.2) is 0 Å². The Bertz CT molecular complexity index is 495. The average molecular weight is 281 g/mol. The summed E-state index contributed by atoms with van der Waals surface area (Å²) in [6.07, 6.45) is 0.982. The smallest absolute Gasteiger partial charge is 0.265 e. The van der Waals surface area contributed by atoms with E-state index in [4.69, 9.17) is 5.84 Å². The van der Waals surface area contributed by atoms with Crippen molar-refractivity contribution in [3.8, 4) is 0 Å². The number of aliphatic hydroxyl groups excluding tert-OH is 1. The zero-order valence-corrected chi connectivity index (χ0v) is 11.5. The number of likely N-dealkylation sites (tertiary alicyclic amines) is 1. The van der Waals surface area contributed by atoms with Crippen LogP contribution in [0.2, 0.25) is 0 Å². The molecule has 2 atom stereocenters. The van der Waals surface area contributed by atoms with Gasteiger partial charge >= 0.3 is 0 Å². The highest BCUT2D eigenvalue weighted by atomic mass is 19.1. The van der Waals surface area contributed by atoms with E-state index in [0.717, 1.165) is 13.0 Å². The average Bonchev–Trinajstić information content (AvgIpc) is 2.80. The topological polar surface area (TPSA) is 78.6 Å². The number of aliphatic hydroxyl groups is 1. The summed E-state index contributed by atoms with van der Waals surface area (Å²) >= 11 is 0. The van der Waals surface area contributed by atoms with Gasteiger partial charge in [-0.25, -0.2) is 10.2 Å². The molecule has 0 saturated carbocycles. The summed E-state index contributed by atoms with van der Waals surface area (Å²) in [5.74, 6) is 4.67. The van der Waals surface area contributed by atoms with Gasteiger partial charge in [-0.2, -0.15) is 0 Å². The van der Waals surface area contributed by atoms with Gasteiger partial charge in [-0.05, 0) is 37.1 Å². The first-order chi connectivity index (χ1) is 9.56. The number of hydrogen-bond donors (Lipinski definition) is 3. The van der Waals surface area contributed by atoms with E-state index in [9.17, 15) is 14.3 Å². The largest absolute Gasteiger partial charge is 0.395 e. The molecule has 1 heterocycles. The van der Waals surface area contributed by atoms with Crippen molar-refractivity contribution in [2.24, 2.45) is 11.8 Å². The molecule has 1 aliphatic rings. The van der Waals surface area contributed by atoms with Crippen LogP contribution in [0.15, 0.2) is 18.2 Å². The molecule has 1 amide bonds. The lowest BCUT2D eigenvalue weighted by atomic mass is 10.0. The van der Waals surface area contributed by atoms with E-state index in [1.807, 2.05) is 10.3 Å². The maximum Gasteiger partial charge on any atom is 0.265 e. The Morgan fingerprint density at radius 2 is 2.35 bits per heavy atom. The number of amides is 1. The van der Waals surface area contributed by atoms with Gasteiger partial charge in [0.1, 0.15) is 5.82 Å². The van der Waals surface area contributed by atoms with E-state index in [2.05, 4.69) is 6.92 Å². The summed E-state index contributed by atoms with van der Waals surface area (Å²) in [4.78, 5) is 13.5. The summed E-state index contributed by atoms with van der Waals surface area (Å²) in [5.41, 5.74) is 2.81. The fourth-order valence-corrected chi connectivity index (χ4v) is 2.72. The van der Waals surface area contributed by atoms with Gasteiger partial charge in [0, 0.05) is 23.7 Å². The highest BCUT2D eigenvalue weighted by Gasteiger charge is 2.30. The zero-order chi connectivity index (χ0) is 14.7.